The lowest BCUT2D eigenvalue weighted by Gasteiger charge is -2.32. The first-order chi connectivity index (χ1) is 22.3. The van der Waals surface area contributed by atoms with Crippen molar-refractivity contribution in [2.24, 2.45) is 0 Å². The normalized spacial score (nSPS) is 21.6. The maximum absolute atomic E-state index is 6.59. The minimum absolute atomic E-state index is 0.400. The Hall–Kier alpha value is -3.67. The van der Waals surface area contributed by atoms with Crippen molar-refractivity contribution in [3.63, 3.8) is 0 Å². The van der Waals surface area contributed by atoms with Crippen LogP contribution in [0.25, 0.3) is 33.0 Å². The molecule has 1 spiro atoms. The van der Waals surface area contributed by atoms with Gasteiger partial charge in [0.15, 0.2) is 0 Å². The van der Waals surface area contributed by atoms with Gasteiger partial charge in [-0.15, -0.1) is 0 Å². The van der Waals surface area contributed by atoms with E-state index in [-0.39, 0.29) is 0 Å². The van der Waals surface area contributed by atoms with E-state index in [0.29, 0.717) is 0 Å². The van der Waals surface area contributed by atoms with Gasteiger partial charge in [0.1, 0.15) is 0 Å². The molecule has 2 aliphatic carbocycles. The van der Waals surface area contributed by atoms with Gasteiger partial charge in [-0.2, -0.15) is 0 Å². The number of hydrogen-bond donors (Lipinski definition) is 0. The van der Waals surface area contributed by atoms with E-state index in [9.17, 15) is 0 Å². The van der Waals surface area contributed by atoms with Crippen LogP contribution in [0, 0.1) is 0 Å². The first-order valence-electron chi connectivity index (χ1n) is 16.9. The Morgan fingerprint density at radius 3 is 1.43 bits per heavy atom. The summed E-state index contributed by atoms with van der Waals surface area (Å²) >= 11 is 0. The summed E-state index contributed by atoms with van der Waals surface area (Å²) in [6, 6.07) is 36.1. The van der Waals surface area contributed by atoms with E-state index in [4.69, 9.17) is 18.6 Å². The Morgan fingerprint density at radius 1 is 0.426 bits per heavy atom. The first kappa shape index (κ1) is 29.5. The number of benzene rings is 5. The predicted molar refractivity (Wildman–Crippen MR) is 192 cm³/mol. The minimum atomic E-state index is -0.497. The molecule has 0 atom stereocenters. The third kappa shape index (κ3) is 3.76. The average molecular weight is 618 g/mol. The highest BCUT2D eigenvalue weighted by atomic mass is 16.7. The molecular weight excluding hydrogens is 578 g/mol. The second-order valence-electron chi connectivity index (χ2n) is 15.8. The summed E-state index contributed by atoms with van der Waals surface area (Å²) in [5, 5.41) is 2.42. The van der Waals surface area contributed by atoms with Crippen LogP contribution in [0.15, 0.2) is 97.1 Å². The SMILES string of the molecule is CC1(C)OB(c2ccc3c(c2)C2(c4ccccc4-c4ccccc42)c2c-3ccc3cc(B4OC(C)(C)C(C)(C)O4)ccc23)OC1(C)C. The molecule has 0 radical (unpaired) electrons. The molecule has 5 aromatic carbocycles. The molecule has 0 bridgehead atoms. The quantitative estimate of drug-likeness (QED) is 0.186. The van der Waals surface area contributed by atoms with Gasteiger partial charge in [-0.25, -0.2) is 0 Å². The van der Waals surface area contributed by atoms with Gasteiger partial charge in [0.05, 0.1) is 27.8 Å². The molecule has 2 aliphatic heterocycles. The molecule has 2 fully saturated rings. The van der Waals surface area contributed by atoms with Crippen molar-refractivity contribution in [1.82, 2.24) is 0 Å². The summed E-state index contributed by atoms with van der Waals surface area (Å²) in [6.07, 6.45) is 0. The molecule has 47 heavy (non-hydrogen) atoms. The fraction of sp³-hybridized carbons (Fsp3) is 0.317. The first-order valence-corrected chi connectivity index (χ1v) is 16.9. The van der Waals surface area contributed by atoms with Crippen molar-refractivity contribution >= 4 is 35.9 Å². The van der Waals surface area contributed by atoms with Crippen LogP contribution in [0.5, 0.6) is 0 Å². The van der Waals surface area contributed by atoms with E-state index < -0.39 is 42.1 Å². The molecule has 6 heteroatoms. The maximum atomic E-state index is 6.59. The zero-order valence-corrected chi connectivity index (χ0v) is 28.5. The van der Waals surface area contributed by atoms with Crippen LogP contribution in [-0.2, 0) is 24.0 Å². The highest BCUT2D eigenvalue weighted by molar-refractivity contribution is 6.62. The van der Waals surface area contributed by atoms with E-state index in [1.807, 2.05) is 0 Å². The van der Waals surface area contributed by atoms with Crippen molar-refractivity contribution in [2.45, 2.75) is 83.2 Å². The molecule has 0 N–H and O–H groups in total. The van der Waals surface area contributed by atoms with Crippen LogP contribution in [0.4, 0.5) is 0 Å². The second kappa shape index (κ2) is 9.27. The standard InChI is InChI=1S/C41H40B2O4/c1-37(2)38(3,4)45-42(44-37)26-18-21-28-25(23-26)17-20-32-31-22-19-27(43-46-39(5,6)40(7,8)47-43)24-35(31)41(36(28)32)33-15-11-9-13-29(33)30-14-10-12-16-34(30)41/h9-24H,1-8H3. The van der Waals surface area contributed by atoms with Crippen molar-refractivity contribution in [3.8, 4) is 22.3 Å². The average Bonchev–Trinajstić information content (AvgIpc) is 3.65. The van der Waals surface area contributed by atoms with Gasteiger partial charge < -0.3 is 18.6 Å². The molecule has 4 aliphatic rings. The molecule has 0 unspecified atom stereocenters. The number of fused-ring (bicyclic) bond motifs is 12. The van der Waals surface area contributed by atoms with Crippen molar-refractivity contribution in [2.75, 3.05) is 0 Å². The largest absolute Gasteiger partial charge is 0.494 e. The van der Waals surface area contributed by atoms with Gasteiger partial charge >= 0.3 is 14.2 Å². The molecule has 0 amide bonds. The number of hydrogen-bond acceptors (Lipinski definition) is 4. The monoisotopic (exact) mass is 618 g/mol. The topological polar surface area (TPSA) is 36.9 Å². The third-order valence-electron chi connectivity index (χ3n) is 12.2. The van der Waals surface area contributed by atoms with E-state index in [1.165, 1.54) is 55.3 Å². The highest BCUT2D eigenvalue weighted by Gasteiger charge is 2.56. The van der Waals surface area contributed by atoms with Gasteiger partial charge in [-0.05, 0) is 122 Å². The van der Waals surface area contributed by atoms with Crippen molar-refractivity contribution in [3.05, 3.63) is 119 Å². The molecule has 0 aromatic heterocycles. The molecule has 9 rings (SSSR count). The Morgan fingerprint density at radius 2 is 0.872 bits per heavy atom. The summed E-state index contributed by atoms with van der Waals surface area (Å²) in [5.74, 6) is 0. The van der Waals surface area contributed by atoms with E-state index in [0.717, 1.165) is 10.9 Å². The van der Waals surface area contributed by atoms with Crippen LogP contribution in [-0.4, -0.2) is 36.6 Å². The van der Waals surface area contributed by atoms with Crippen molar-refractivity contribution in [1.29, 1.82) is 0 Å². The van der Waals surface area contributed by atoms with Gasteiger partial charge in [-0.3, -0.25) is 0 Å². The van der Waals surface area contributed by atoms with Crippen LogP contribution in [0.2, 0.25) is 0 Å². The predicted octanol–water partition coefficient (Wildman–Crippen LogP) is 7.78. The van der Waals surface area contributed by atoms with Crippen LogP contribution in [0.3, 0.4) is 0 Å². The summed E-state index contributed by atoms with van der Waals surface area (Å²) in [7, 11) is -0.864. The fourth-order valence-electron chi connectivity index (χ4n) is 8.26. The zero-order chi connectivity index (χ0) is 32.7. The molecule has 234 valence electrons. The summed E-state index contributed by atoms with van der Waals surface area (Å²) in [6.45, 7) is 16.9. The van der Waals surface area contributed by atoms with E-state index >= 15 is 0 Å². The lowest BCUT2D eigenvalue weighted by molar-refractivity contribution is 0.00578. The lowest BCUT2D eigenvalue weighted by Crippen LogP contribution is -2.41. The van der Waals surface area contributed by atoms with Gasteiger partial charge in [0, 0.05) is 0 Å². The molecule has 0 saturated carbocycles. The Kier molecular flexibility index (Phi) is 5.81. The molecular formula is C41H40B2O4. The molecule has 2 heterocycles. The fourth-order valence-corrected chi connectivity index (χ4v) is 8.26. The van der Waals surface area contributed by atoms with Crippen LogP contribution in [0.1, 0.15) is 77.6 Å². The van der Waals surface area contributed by atoms with Crippen molar-refractivity contribution < 1.29 is 18.6 Å². The molecule has 5 aromatic rings. The number of rotatable bonds is 2. The van der Waals surface area contributed by atoms with Crippen LogP contribution < -0.4 is 10.9 Å². The Balaban J connectivity index is 1.30. The van der Waals surface area contributed by atoms with E-state index in [1.54, 1.807) is 0 Å². The minimum Gasteiger partial charge on any atom is -0.399 e. The van der Waals surface area contributed by atoms with E-state index in [2.05, 4.69) is 152 Å². The second-order valence-corrected chi connectivity index (χ2v) is 15.8. The van der Waals surface area contributed by atoms with Crippen LogP contribution >= 0.6 is 0 Å². The van der Waals surface area contributed by atoms with Gasteiger partial charge in [-0.1, -0.05) is 97.1 Å². The smallest absolute Gasteiger partial charge is 0.399 e. The third-order valence-corrected chi connectivity index (χ3v) is 12.2. The summed E-state index contributed by atoms with van der Waals surface area (Å²) in [4.78, 5) is 0. The Bertz CT molecular complexity index is 2070. The Labute approximate surface area is 278 Å². The van der Waals surface area contributed by atoms with Gasteiger partial charge in [0.2, 0.25) is 0 Å². The van der Waals surface area contributed by atoms with Gasteiger partial charge in [0.25, 0.3) is 0 Å². The summed E-state index contributed by atoms with van der Waals surface area (Å²) < 4.78 is 26.1. The zero-order valence-electron chi connectivity index (χ0n) is 28.5. The molecule has 2 saturated heterocycles. The molecule has 4 nitrogen and oxygen atoms in total. The highest BCUT2D eigenvalue weighted by Crippen LogP contribution is 2.63. The lowest BCUT2D eigenvalue weighted by atomic mass is 9.67. The maximum Gasteiger partial charge on any atom is 0.494 e. The summed E-state index contributed by atoms with van der Waals surface area (Å²) in [5.41, 5.74) is 10.3.